The molecule has 1 heterocycles. The topological polar surface area (TPSA) is 29.5 Å². The van der Waals surface area contributed by atoms with Crippen molar-refractivity contribution in [3.8, 4) is 5.75 Å². The fourth-order valence-corrected chi connectivity index (χ4v) is 3.37. The monoisotopic (exact) mass is 293 g/mol. The first-order valence-electron chi connectivity index (χ1n) is 5.94. The molecular weight excluding hydrogens is 278 g/mol. The van der Waals surface area contributed by atoms with E-state index in [1.54, 1.807) is 12.0 Å². The van der Waals surface area contributed by atoms with Crippen molar-refractivity contribution >= 4 is 40.3 Å². The Kier molecular flexibility index (Phi) is 4.27. The van der Waals surface area contributed by atoms with Gasteiger partial charge in [-0.25, -0.2) is 0 Å². The number of hydrogen-bond donors (Lipinski definition) is 0. The van der Waals surface area contributed by atoms with Crippen LogP contribution in [0.3, 0.4) is 0 Å². The van der Waals surface area contributed by atoms with E-state index in [0.29, 0.717) is 9.23 Å². The van der Waals surface area contributed by atoms with Gasteiger partial charge in [-0.2, -0.15) is 0 Å². The van der Waals surface area contributed by atoms with E-state index in [9.17, 15) is 4.79 Å². The highest BCUT2D eigenvalue weighted by Crippen LogP contribution is 2.35. The van der Waals surface area contributed by atoms with Gasteiger partial charge in [0.15, 0.2) is 0 Å². The van der Waals surface area contributed by atoms with Crippen LogP contribution in [0.15, 0.2) is 29.2 Å². The fourth-order valence-electron chi connectivity index (χ4n) is 1.85. The predicted octanol–water partition coefficient (Wildman–Crippen LogP) is 3.30. The van der Waals surface area contributed by atoms with Crippen LogP contribution in [-0.2, 0) is 4.79 Å². The number of para-hydroxylation sites is 1. The number of nitrogens with zero attached hydrogens (tertiary/aromatic N) is 1. The Morgan fingerprint density at radius 1 is 1.37 bits per heavy atom. The molecule has 1 amide bonds. The number of amides is 1. The highest BCUT2D eigenvalue weighted by Gasteiger charge is 2.33. The summed E-state index contributed by atoms with van der Waals surface area (Å²) in [5.41, 5.74) is 0.884. The predicted molar refractivity (Wildman–Crippen MR) is 83.1 cm³/mol. The molecule has 1 fully saturated rings. The molecule has 3 nitrogen and oxygen atoms in total. The summed E-state index contributed by atoms with van der Waals surface area (Å²) in [6, 6.07) is 7.68. The number of hydrogen-bond acceptors (Lipinski definition) is 4. The van der Waals surface area contributed by atoms with Gasteiger partial charge in [0.1, 0.15) is 10.1 Å². The van der Waals surface area contributed by atoms with Gasteiger partial charge in [-0.1, -0.05) is 42.2 Å². The van der Waals surface area contributed by atoms with Gasteiger partial charge in [-0.15, -0.1) is 0 Å². The third-order valence-corrected chi connectivity index (χ3v) is 4.10. The molecule has 1 saturated heterocycles. The van der Waals surface area contributed by atoms with Crippen LogP contribution >= 0.6 is 24.0 Å². The average Bonchev–Trinajstić information content (AvgIpc) is 2.65. The highest BCUT2D eigenvalue weighted by molar-refractivity contribution is 8.26. The minimum absolute atomic E-state index is 0.0316. The van der Waals surface area contributed by atoms with Crippen molar-refractivity contribution in [3.63, 3.8) is 0 Å². The number of methoxy groups -OCH3 is 1. The Hall–Kier alpha value is -1.33. The summed E-state index contributed by atoms with van der Waals surface area (Å²) in [4.78, 5) is 14.6. The molecule has 0 aromatic heterocycles. The summed E-state index contributed by atoms with van der Waals surface area (Å²) in [5.74, 6) is 0.716. The summed E-state index contributed by atoms with van der Waals surface area (Å²) >= 11 is 6.58. The van der Waals surface area contributed by atoms with Gasteiger partial charge in [-0.05, 0) is 26.0 Å². The molecule has 0 spiro atoms. The smallest absolute Gasteiger partial charge is 0.266 e. The van der Waals surface area contributed by atoms with Crippen molar-refractivity contribution in [2.24, 2.45) is 0 Å². The first-order chi connectivity index (χ1) is 9.04. The second kappa shape index (κ2) is 5.75. The second-order valence-corrected chi connectivity index (χ2v) is 6.06. The first-order valence-corrected chi connectivity index (χ1v) is 7.17. The van der Waals surface area contributed by atoms with Gasteiger partial charge in [0.25, 0.3) is 5.91 Å². The Morgan fingerprint density at radius 2 is 2.05 bits per heavy atom. The van der Waals surface area contributed by atoms with Gasteiger partial charge in [0.2, 0.25) is 0 Å². The zero-order valence-corrected chi connectivity index (χ0v) is 12.7. The highest BCUT2D eigenvalue weighted by atomic mass is 32.2. The number of thiocarbonyl (C=S) groups is 1. The Balaban J connectivity index is 2.35. The van der Waals surface area contributed by atoms with Gasteiger partial charge in [0.05, 0.1) is 12.0 Å². The molecule has 0 radical (unpaired) electrons. The summed E-state index contributed by atoms with van der Waals surface area (Å²) in [6.45, 7) is 3.91. The lowest BCUT2D eigenvalue weighted by atomic mass is 10.2. The number of benzene rings is 1. The van der Waals surface area contributed by atoms with Crippen LogP contribution in [0.1, 0.15) is 19.4 Å². The lowest BCUT2D eigenvalue weighted by Crippen LogP contribution is -2.34. The van der Waals surface area contributed by atoms with Gasteiger partial charge in [-0.3, -0.25) is 9.69 Å². The molecule has 0 bridgehead atoms. The molecule has 100 valence electrons. The minimum atomic E-state index is -0.0316. The van der Waals surface area contributed by atoms with E-state index in [1.165, 1.54) is 11.8 Å². The van der Waals surface area contributed by atoms with E-state index in [4.69, 9.17) is 17.0 Å². The molecule has 1 aromatic rings. The van der Waals surface area contributed by atoms with Crippen molar-refractivity contribution in [3.05, 3.63) is 34.7 Å². The molecule has 0 atom stereocenters. The maximum atomic E-state index is 12.3. The molecule has 0 aliphatic carbocycles. The van der Waals surface area contributed by atoms with Crippen molar-refractivity contribution in [1.29, 1.82) is 0 Å². The molecule has 1 aromatic carbocycles. The van der Waals surface area contributed by atoms with E-state index >= 15 is 0 Å². The van der Waals surface area contributed by atoms with Crippen LogP contribution < -0.4 is 4.74 Å². The number of carbonyl (C=O) groups is 1. The Morgan fingerprint density at radius 3 is 2.63 bits per heavy atom. The van der Waals surface area contributed by atoms with E-state index in [0.717, 1.165) is 11.3 Å². The maximum Gasteiger partial charge on any atom is 0.266 e. The van der Waals surface area contributed by atoms with Crippen molar-refractivity contribution in [2.45, 2.75) is 19.9 Å². The van der Waals surface area contributed by atoms with Gasteiger partial charge in [0, 0.05) is 11.6 Å². The number of carbonyl (C=O) groups excluding carboxylic acids is 1. The molecule has 5 heteroatoms. The third-order valence-electron chi connectivity index (χ3n) is 2.77. The van der Waals surface area contributed by atoms with Crippen molar-refractivity contribution in [1.82, 2.24) is 4.90 Å². The van der Waals surface area contributed by atoms with E-state index in [-0.39, 0.29) is 11.9 Å². The summed E-state index contributed by atoms with van der Waals surface area (Å²) < 4.78 is 5.89. The van der Waals surface area contributed by atoms with Crippen LogP contribution in [-0.4, -0.2) is 28.3 Å². The molecule has 1 aliphatic heterocycles. The zero-order chi connectivity index (χ0) is 14.0. The van der Waals surface area contributed by atoms with E-state index in [1.807, 2.05) is 44.2 Å². The molecule has 2 rings (SSSR count). The first kappa shape index (κ1) is 14.1. The number of rotatable bonds is 3. The lowest BCUT2D eigenvalue weighted by Gasteiger charge is -2.18. The minimum Gasteiger partial charge on any atom is -0.496 e. The largest absolute Gasteiger partial charge is 0.496 e. The molecular formula is C14H15NO2S2. The Bertz CT molecular complexity index is 552. The summed E-state index contributed by atoms with van der Waals surface area (Å²) in [6.07, 6.45) is 1.83. The van der Waals surface area contributed by atoms with Crippen molar-refractivity contribution < 1.29 is 9.53 Å². The molecule has 0 N–H and O–H groups in total. The van der Waals surface area contributed by atoms with Crippen LogP contribution in [0.5, 0.6) is 5.75 Å². The van der Waals surface area contributed by atoms with E-state index < -0.39 is 0 Å². The molecule has 1 aliphatic rings. The molecule has 19 heavy (non-hydrogen) atoms. The standard InChI is InChI=1S/C14H15NO2S2/c1-9(2)15-13(16)12(19-14(15)18)8-10-6-4-5-7-11(10)17-3/h4-9H,1-3H3. The quantitative estimate of drug-likeness (QED) is 0.632. The van der Waals surface area contributed by atoms with Gasteiger partial charge >= 0.3 is 0 Å². The SMILES string of the molecule is COc1ccccc1C=C1SC(=S)N(C(C)C)C1=O. The third kappa shape index (κ3) is 2.82. The van der Waals surface area contributed by atoms with Crippen LogP contribution in [0.4, 0.5) is 0 Å². The van der Waals surface area contributed by atoms with Gasteiger partial charge < -0.3 is 4.74 Å². The average molecular weight is 293 g/mol. The van der Waals surface area contributed by atoms with E-state index in [2.05, 4.69) is 0 Å². The summed E-state index contributed by atoms with van der Waals surface area (Å²) in [5, 5.41) is 0. The molecule has 0 unspecified atom stereocenters. The van der Waals surface area contributed by atoms with Crippen LogP contribution in [0.2, 0.25) is 0 Å². The Labute approximate surface area is 122 Å². The molecule has 0 saturated carbocycles. The zero-order valence-electron chi connectivity index (χ0n) is 11.0. The van der Waals surface area contributed by atoms with Crippen LogP contribution in [0, 0.1) is 0 Å². The lowest BCUT2D eigenvalue weighted by molar-refractivity contribution is -0.123. The number of thioether (sulfide) groups is 1. The summed E-state index contributed by atoms with van der Waals surface area (Å²) in [7, 11) is 1.62. The fraction of sp³-hybridized carbons (Fsp3) is 0.286. The van der Waals surface area contributed by atoms with Crippen LogP contribution in [0.25, 0.3) is 6.08 Å². The normalized spacial score (nSPS) is 17.7. The number of ether oxygens (including phenoxy) is 1. The second-order valence-electron chi connectivity index (χ2n) is 4.39. The maximum absolute atomic E-state index is 12.3. The van der Waals surface area contributed by atoms with Crippen molar-refractivity contribution in [2.75, 3.05) is 7.11 Å².